The van der Waals surface area contributed by atoms with E-state index in [0.29, 0.717) is 12.2 Å². The first-order chi connectivity index (χ1) is 5.37. The average molecular weight is 191 g/mol. The average Bonchev–Trinajstić information content (AvgIpc) is 1.97. The third kappa shape index (κ3) is 5.19. The zero-order valence-electron chi connectivity index (χ0n) is 7.82. The fourth-order valence-electron chi connectivity index (χ4n) is 0.439. The van der Waals surface area contributed by atoms with Crippen LogP contribution in [0.4, 0.5) is 0 Å². The summed E-state index contributed by atoms with van der Waals surface area (Å²) in [7, 11) is 0. The van der Waals surface area contributed by atoms with Crippen LogP contribution in [-0.2, 0) is 9.53 Å². The van der Waals surface area contributed by atoms with E-state index in [9.17, 15) is 4.79 Å². The lowest BCUT2D eigenvalue weighted by molar-refractivity contribution is -0.141. The van der Waals surface area contributed by atoms with Crippen molar-refractivity contribution >= 4 is 17.6 Å². The molecule has 0 spiro atoms. The number of carbonyl (C=O) groups excluding carboxylic acids is 1. The first-order valence-electron chi connectivity index (χ1n) is 3.77. The van der Waals surface area contributed by atoms with Crippen LogP contribution in [0.25, 0.3) is 0 Å². The second-order valence-corrected chi connectivity index (χ2v) is 4.14. The van der Waals surface area contributed by atoms with Gasteiger partial charge in [0.05, 0.1) is 12.5 Å². The molecule has 0 saturated heterocycles. The molecule has 0 aromatic heterocycles. The van der Waals surface area contributed by atoms with Crippen LogP contribution in [-0.4, -0.2) is 18.5 Å². The van der Waals surface area contributed by atoms with Crippen molar-refractivity contribution in [2.45, 2.75) is 20.8 Å². The van der Waals surface area contributed by atoms with Gasteiger partial charge in [0.2, 0.25) is 0 Å². The molecule has 70 valence electrons. The molecule has 0 aliphatic heterocycles. The van der Waals surface area contributed by atoms with Gasteiger partial charge in [0, 0.05) is 5.57 Å². The second kappa shape index (κ2) is 4.51. The Morgan fingerprint density at radius 1 is 1.50 bits per heavy atom. The largest absolute Gasteiger partial charge is 0.462 e. The molecule has 0 amide bonds. The highest BCUT2D eigenvalue weighted by atomic mass is 35.5. The van der Waals surface area contributed by atoms with Gasteiger partial charge in [0.15, 0.2) is 0 Å². The Kier molecular flexibility index (Phi) is 4.32. The molecule has 0 aromatic rings. The summed E-state index contributed by atoms with van der Waals surface area (Å²) in [6.45, 7) is 9.83. The van der Waals surface area contributed by atoms with Crippen molar-refractivity contribution in [1.29, 1.82) is 0 Å². The number of halogens is 1. The summed E-state index contributed by atoms with van der Waals surface area (Å²) in [6, 6.07) is 0. The molecule has 0 unspecified atom stereocenters. The molecule has 0 N–H and O–H groups in total. The molecule has 0 aliphatic carbocycles. The highest BCUT2D eigenvalue weighted by Gasteiger charge is 2.14. The molecule has 3 heteroatoms. The molecule has 12 heavy (non-hydrogen) atoms. The minimum atomic E-state index is -0.403. The summed E-state index contributed by atoms with van der Waals surface area (Å²) in [5.41, 5.74) is 0.295. The Hall–Kier alpha value is -0.500. The van der Waals surface area contributed by atoms with Crippen molar-refractivity contribution in [3.8, 4) is 0 Å². The van der Waals surface area contributed by atoms with E-state index in [1.165, 1.54) is 0 Å². The highest BCUT2D eigenvalue weighted by Crippen LogP contribution is 2.13. The Morgan fingerprint density at radius 2 is 2.00 bits per heavy atom. The van der Waals surface area contributed by atoms with Gasteiger partial charge in [-0.3, -0.25) is 0 Å². The lowest BCUT2D eigenvalue weighted by atomic mass is 9.99. The Balaban J connectivity index is 3.80. The summed E-state index contributed by atoms with van der Waals surface area (Å²) in [6.07, 6.45) is 0. The maximum absolute atomic E-state index is 11.0. The third-order valence-corrected chi connectivity index (χ3v) is 1.41. The third-order valence-electron chi connectivity index (χ3n) is 1.09. The van der Waals surface area contributed by atoms with Gasteiger partial charge < -0.3 is 4.74 Å². The minimum absolute atomic E-state index is 0.0117. The van der Waals surface area contributed by atoms with Crippen LogP contribution < -0.4 is 0 Å². The number of alkyl halides is 1. The number of hydrogen-bond donors (Lipinski definition) is 0. The van der Waals surface area contributed by atoms with Gasteiger partial charge in [-0.25, -0.2) is 4.79 Å². The second-order valence-electron chi connectivity index (χ2n) is 3.87. The smallest absolute Gasteiger partial charge is 0.334 e. The van der Waals surface area contributed by atoms with Crippen molar-refractivity contribution in [1.82, 2.24) is 0 Å². The van der Waals surface area contributed by atoms with Gasteiger partial charge in [-0.1, -0.05) is 27.4 Å². The van der Waals surface area contributed by atoms with E-state index in [4.69, 9.17) is 16.3 Å². The minimum Gasteiger partial charge on any atom is -0.462 e. The molecule has 0 bridgehead atoms. The van der Waals surface area contributed by atoms with Gasteiger partial charge in [-0.2, -0.15) is 0 Å². The fourth-order valence-corrected chi connectivity index (χ4v) is 0.548. The zero-order valence-corrected chi connectivity index (χ0v) is 8.57. The summed E-state index contributed by atoms with van der Waals surface area (Å²) in [5, 5.41) is 0. The predicted octanol–water partition coefficient (Wildman–Crippen LogP) is 2.37. The first kappa shape index (κ1) is 11.5. The topological polar surface area (TPSA) is 26.3 Å². The van der Waals surface area contributed by atoms with E-state index in [1.54, 1.807) is 0 Å². The van der Waals surface area contributed by atoms with Crippen molar-refractivity contribution in [2.75, 3.05) is 12.5 Å². The Bertz CT molecular complexity index is 179. The number of esters is 1. The van der Waals surface area contributed by atoms with E-state index in [0.717, 1.165) is 0 Å². The quantitative estimate of drug-likeness (QED) is 0.388. The molecule has 0 radical (unpaired) electrons. The lowest BCUT2D eigenvalue weighted by Gasteiger charge is -2.17. The maximum Gasteiger partial charge on any atom is 0.334 e. The van der Waals surface area contributed by atoms with Gasteiger partial charge in [-0.15, -0.1) is 11.6 Å². The van der Waals surface area contributed by atoms with Crippen LogP contribution in [0.5, 0.6) is 0 Å². The normalized spacial score (nSPS) is 11.0. The maximum atomic E-state index is 11.0. The fraction of sp³-hybridized carbons (Fsp3) is 0.667. The standard InChI is InChI=1S/C9H15ClO2/c1-7(5-10)8(11)12-6-9(2,3)4/h1,5-6H2,2-4H3. The van der Waals surface area contributed by atoms with Crippen molar-refractivity contribution in [2.24, 2.45) is 5.41 Å². The number of ether oxygens (including phenoxy) is 1. The van der Waals surface area contributed by atoms with Crippen LogP contribution in [0, 0.1) is 5.41 Å². The van der Waals surface area contributed by atoms with E-state index < -0.39 is 5.97 Å². The number of rotatable bonds is 3. The van der Waals surface area contributed by atoms with Crippen LogP contribution >= 0.6 is 11.6 Å². The molecule has 2 nitrogen and oxygen atoms in total. The Morgan fingerprint density at radius 3 is 2.33 bits per heavy atom. The molecule has 0 saturated carbocycles. The summed E-state index contributed by atoms with van der Waals surface area (Å²) in [4.78, 5) is 11.0. The molecule has 0 aliphatic rings. The van der Waals surface area contributed by atoms with Crippen LogP contribution in [0.1, 0.15) is 20.8 Å². The molecule has 0 rings (SSSR count). The molecule has 0 atom stereocenters. The molecule has 0 fully saturated rings. The Labute approximate surface area is 78.5 Å². The SMILES string of the molecule is C=C(CCl)C(=O)OCC(C)(C)C. The summed E-state index contributed by atoms with van der Waals surface area (Å²) < 4.78 is 4.94. The molecular formula is C9H15ClO2. The van der Waals surface area contributed by atoms with Crippen molar-refractivity contribution in [3.05, 3.63) is 12.2 Å². The monoisotopic (exact) mass is 190 g/mol. The first-order valence-corrected chi connectivity index (χ1v) is 4.31. The van der Waals surface area contributed by atoms with Gasteiger partial charge in [0.25, 0.3) is 0 Å². The summed E-state index contributed by atoms with van der Waals surface area (Å²) in [5.74, 6) is -0.275. The number of hydrogen-bond acceptors (Lipinski definition) is 2. The van der Waals surface area contributed by atoms with Crippen molar-refractivity contribution < 1.29 is 9.53 Å². The van der Waals surface area contributed by atoms with Crippen molar-refractivity contribution in [3.63, 3.8) is 0 Å². The zero-order chi connectivity index (χ0) is 9.78. The van der Waals surface area contributed by atoms with Crippen LogP contribution in [0.3, 0.4) is 0 Å². The number of carbonyl (C=O) groups is 1. The lowest BCUT2D eigenvalue weighted by Crippen LogP contribution is -2.19. The van der Waals surface area contributed by atoms with Gasteiger partial charge in [0.1, 0.15) is 0 Å². The van der Waals surface area contributed by atoms with Crippen LogP contribution in [0.15, 0.2) is 12.2 Å². The molecular weight excluding hydrogens is 176 g/mol. The van der Waals surface area contributed by atoms with E-state index in [1.807, 2.05) is 20.8 Å². The van der Waals surface area contributed by atoms with E-state index >= 15 is 0 Å². The van der Waals surface area contributed by atoms with Gasteiger partial charge >= 0.3 is 5.97 Å². The van der Waals surface area contributed by atoms with E-state index in [-0.39, 0.29) is 11.3 Å². The molecule has 0 heterocycles. The predicted molar refractivity (Wildman–Crippen MR) is 50.3 cm³/mol. The van der Waals surface area contributed by atoms with Gasteiger partial charge in [-0.05, 0) is 5.41 Å². The highest BCUT2D eigenvalue weighted by molar-refractivity contribution is 6.22. The molecule has 0 aromatic carbocycles. The summed E-state index contributed by atoms with van der Waals surface area (Å²) >= 11 is 5.40. The van der Waals surface area contributed by atoms with Crippen LogP contribution in [0.2, 0.25) is 0 Å². The van der Waals surface area contributed by atoms with E-state index in [2.05, 4.69) is 6.58 Å².